The van der Waals surface area contributed by atoms with Crippen LogP contribution in [0.5, 0.6) is 0 Å². The van der Waals surface area contributed by atoms with Crippen LogP contribution in [0.2, 0.25) is 10.0 Å². The minimum atomic E-state index is -3.98. The Kier molecular flexibility index (Phi) is 4.98. The van der Waals surface area contributed by atoms with E-state index in [2.05, 4.69) is 11.3 Å². The Hall–Kier alpha value is -1.08. The van der Waals surface area contributed by atoms with Gasteiger partial charge in [-0.3, -0.25) is 0 Å². The topological polar surface area (TPSA) is 83.5 Å². The lowest BCUT2D eigenvalue weighted by atomic mass is 10.2. The lowest BCUT2D eigenvalue weighted by Gasteiger charge is -2.13. The van der Waals surface area contributed by atoms with Crippen molar-refractivity contribution in [2.24, 2.45) is 0 Å². The summed E-state index contributed by atoms with van der Waals surface area (Å²) in [4.78, 5) is 10.6. The SMILES string of the molecule is C=CC(C)NS(=O)(=O)c1cc(Cl)cc(C(=O)O)c1Cl. The highest BCUT2D eigenvalue weighted by atomic mass is 35.5. The van der Waals surface area contributed by atoms with Gasteiger partial charge in [0.15, 0.2) is 0 Å². The molecule has 2 N–H and O–H groups in total. The number of aromatic carboxylic acids is 1. The maximum absolute atomic E-state index is 12.1. The van der Waals surface area contributed by atoms with Crippen LogP contribution in [0.25, 0.3) is 0 Å². The maximum atomic E-state index is 12.1. The second kappa shape index (κ2) is 5.92. The minimum Gasteiger partial charge on any atom is -0.478 e. The van der Waals surface area contributed by atoms with Crippen LogP contribution in [0.15, 0.2) is 29.7 Å². The van der Waals surface area contributed by atoms with E-state index in [1.807, 2.05) is 0 Å². The summed E-state index contributed by atoms with van der Waals surface area (Å²) >= 11 is 11.5. The molecule has 104 valence electrons. The molecule has 0 radical (unpaired) electrons. The summed E-state index contributed by atoms with van der Waals surface area (Å²) < 4.78 is 26.4. The number of halogens is 2. The molecule has 0 heterocycles. The molecule has 5 nitrogen and oxygen atoms in total. The zero-order chi connectivity index (χ0) is 14.8. The Bertz CT molecular complexity index is 628. The maximum Gasteiger partial charge on any atom is 0.337 e. The van der Waals surface area contributed by atoms with Gasteiger partial charge in [0.2, 0.25) is 10.0 Å². The van der Waals surface area contributed by atoms with Gasteiger partial charge in [-0.1, -0.05) is 29.3 Å². The monoisotopic (exact) mass is 323 g/mol. The van der Waals surface area contributed by atoms with Crippen LogP contribution in [0, 0.1) is 0 Å². The fourth-order valence-corrected chi connectivity index (χ4v) is 3.39. The zero-order valence-electron chi connectivity index (χ0n) is 9.85. The molecule has 0 aliphatic rings. The second-order valence-corrected chi connectivity index (χ2v) is 6.21. The molecule has 0 saturated heterocycles. The standard InChI is InChI=1S/C11H11Cl2NO4S/c1-3-6(2)14-19(17,18)9-5-7(12)4-8(10(9)13)11(15)16/h3-6,14H,1H2,2H3,(H,15,16). The van der Waals surface area contributed by atoms with Crippen molar-refractivity contribution in [2.75, 3.05) is 0 Å². The van der Waals surface area contributed by atoms with Crippen molar-refractivity contribution < 1.29 is 18.3 Å². The summed E-state index contributed by atoms with van der Waals surface area (Å²) in [6.07, 6.45) is 1.38. The molecule has 1 aromatic rings. The van der Waals surface area contributed by atoms with E-state index >= 15 is 0 Å². The number of benzene rings is 1. The Balaban J connectivity index is 3.42. The Morgan fingerprint density at radius 2 is 2.05 bits per heavy atom. The molecule has 0 spiro atoms. The summed E-state index contributed by atoms with van der Waals surface area (Å²) in [5, 5.41) is 8.51. The number of carboxylic acids is 1. The fraction of sp³-hybridized carbons (Fsp3) is 0.182. The van der Waals surface area contributed by atoms with Crippen LogP contribution in [-0.2, 0) is 10.0 Å². The lowest BCUT2D eigenvalue weighted by molar-refractivity contribution is 0.0697. The number of nitrogens with one attached hydrogen (secondary N) is 1. The van der Waals surface area contributed by atoms with Crippen molar-refractivity contribution in [3.05, 3.63) is 40.4 Å². The molecule has 0 aromatic heterocycles. The molecule has 0 aliphatic carbocycles. The second-order valence-electron chi connectivity index (χ2n) is 3.72. The van der Waals surface area contributed by atoms with E-state index in [-0.39, 0.29) is 20.5 Å². The van der Waals surface area contributed by atoms with Gasteiger partial charge >= 0.3 is 5.97 Å². The molecule has 0 aliphatic heterocycles. The van der Waals surface area contributed by atoms with Gasteiger partial charge in [0.05, 0.1) is 10.6 Å². The average Bonchev–Trinajstić information content (AvgIpc) is 2.30. The lowest BCUT2D eigenvalue weighted by Crippen LogP contribution is -2.31. The molecule has 0 bridgehead atoms. The van der Waals surface area contributed by atoms with Crippen LogP contribution >= 0.6 is 23.2 Å². The van der Waals surface area contributed by atoms with Crippen LogP contribution in [-0.4, -0.2) is 25.5 Å². The Morgan fingerprint density at radius 1 is 1.47 bits per heavy atom. The van der Waals surface area contributed by atoms with Crippen molar-refractivity contribution >= 4 is 39.2 Å². The number of rotatable bonds is 5. The number of hydrogen-bond acceptors (Lipinski definition) is 3. The minimum absolute atomic E-state index is 0.0339. The third kappa shape index (κ3) is 3.70. The molecule has 1 aromatic carbocycles. The van der Waals surface area contributed by atoms with Crippen LogP contribution < -0.4 is 4.72 Å². The smallest absolute Gasteiger partial charge is 0.337 e. The third-order valence-corrected chi connectivity index (χ3v) is 4.54. The number of carbonyl (C=O) groups is 1. The van der Waals surface area contributed by atoms with Gasteiger partial charge in [-0.2, -0.15) is 0 Å². The molecule has 19 heavy (non-hydrogen) atoms. The van der Waals surface area contributed by atoms with Gasteiger partial charge in [-0.05, 0) is 19.1 Å². The zero-order valence-corrected chi connectivity index (χ0v) is 12.2. The predicted octanol–water partition coefficient (Wildman–Crippen LogP) is 2.54. The molecule has 1 unspecified atom stereocenters. The normalized spacial score (nSPS) is 13.0. The van der Waals surface area contributed by atoms with Crippen molar-refractivity contribution in [2.45, 2.75) is 17.9 Å². The summed E-state index contributed by atoms with van der Waals surface area (Å²) in [6.45, 7) is 5.01. The van der Waals surface area contributed by atoms with Crippen molar-refractivity contribution in [3.8, 4) is 0 Å². The van der Waals surface area contributed by atoms with Gasteiger partial charge in [-0.15, -0.1) is 6.58 Å². The summed E-state index contributed by atoms with van der Waals surface area (Å²) in [6, 6.07) is 1.64. The molecule has 1 rings (SSSR count). The Morgan fingerprint density at radius 3 is 2.53 bits per heavy atom. The summed E-state index contributed by atoms with van der Waals surface area (Å²) in [7, 11) is -3.98. The van der Waals surface area contributed by atoms with Crippen LogP contribution in [0.1, 0.15) is 17.3 Å². The van der Waals surface area contributed by atoms with Gasteiger partial charge in [-0.25, -0.2) is 17.9 Å². The van der Waals surface area contributed by atoms with E-state index in [0.29, 0.717) is 0 Å². The number of hydrogen-bond donors (Lipinski definition) is 2. The van der Waals surface area contributed by atoms with E-state index in [0.717, 1.165) is 12.1 Å². The van der Waals surface area contributed by atoms with Gasteiger partial charge in [0.1, 0.15) is 4.90 Å². The van der Waals surface area contributed by atoms with Gasteiger partial charge in [0.25, 0.3) is 0 Å². The highest BCUT2D eigenvalue weighted by molar-refractivity contribution is 7.89. The van der Waals surface area contributed by atoms with Crippen LogP contribution in [0.4, 0.5) is 0 Å². The number of carboxylic acid groups (broad SMARTS) is 1. The largest absolute Gasteiger partial charge is 0.478 e. The van der Waals surface area contributed by atoms with Crippen molar-refractivity contribution in [3.63, 3.8) is 0 Å². The summed E-state index contributed by atoms with van der Waals surface area (Å²) in [5.41, 5.74) is -0.374. The average molecular weight is 324 g/mol. The highest BCUT2D eigenvalue weighted by Crippen LogP contribution is 2.29. The third-order valence-electron chi connectivity index (χ3n) is 2.22. The summed E-state index contributed by atoms with van der Waals surface area (Å²) in [5.74, 6) is -1.36. The van der Waals surface area contributed by atoms with E-state index in [9.17, 15) is 13.2 Å². The highest BCUT2D eigenvalue weighted by Gasteiger charge is 2.24. The Labute approximate surface area is 120 Å². The first-order chi connectivity index (χ1) is 8.69. The van der Waals surface area contributed by atoms with Gasteiger partial charge in [0, 0.05) is 11.1 Å². The first-order valence-electron chi connectivity index (χ1n) is 5.06. The first-order valence-corrected chi connectivity index (χ1v) is 7.30. The molecule has 0 fully saturated rings. The molecule has 0 amide bonds. The van der Waals surface area contributed by atoms with E-state index in [1.165, 1.54) is 6.08 Å². The van der Waals surface area contributed by atoms with Crippen LogP contribution in [0.3, 0.4) is 0 Å². The molecular weight excluding hydrogens is 313 g/mol. The van der Waals surface area contributed by atoms with Crippen molar-refractivity contribution in [1.82, 2.24) is 4.72 Å². The fourth-order valence-electron chi connectivity index (χ4n) is 1.27. The van der Waals surface area contributed by atoms with Crippen molar-refractivity contribution in [1.29, 1.82) is 0 Å². The van der Waals surface area contributed by atoms with Gasteiger partial charge < -0.3 is 5.11 Å². The van der Waals surface area contributed by atoms with E-state index in [1.54, 1.807) is 6.92 Å². The number of sulfonamides is 1. The molecule has 0 saturated carbocycles. The van der Waals surface area contributed by atoms with E-state index < -0.39 is 22.0 Å². The predicted molar refractivity (Wildman–Crippen MR) is 73.4 cm³/mol. The molecular formula is C11H11Cl2NO4S. The molecule has 1 atom stereocenters. The van der Waals surface area contributed by atoms with E-state index in [4.69, 9.17) is 28.3 Å². The molecule has 8 heteroatoms. The quantitative estimate of drug-likeness (QED) is 0.815. The first kappa shape index (κ1) is 16.0.